The van der Waals surface area contributed by atoms with Crippen molar-refractivity contribution in [2.45, 2.75) is 19.4 Å². The van der Waals surface area contributed by atoms with Crippen LogP contribution in [-0.4, -0.2) is 8.42 Å². The second kappa shape index (κ2) is 4.09. The summed E-state index contributed by atoms with van der Waals surface area (Å²) in [5.74, 6) is 0. The second-order valence-corrected chi connectivity index (χ2v) is 5.18. The van der Waals surface area contributed by atoms with Crippen molar-refractivity contribution in [3.8, 4) is 0 Å². The molecule has 0 atom stereocenters. The number of benzene rings is 1. The molecule has 0 spiro atoms. The first-order chi connectivity index (χ1) is 6.71. The van der Waals surface area contributed by atoms with E-state index in [9.17, 15) is 8.42 Å². The van der Waals surface area contributed by atoms with Crippen molar-refractivity contribution in [2.75, 3.05) is 0 Å². The Balaban J connectivity index is 3.00. The summed E-state index contributed by atoms with van der Waals surface area (Å²) in [6.45, 7) is 3.22. The van der Waals surface area contributed by atoms with Gasteiger partial charge in [-0.2, -0.15) is 8.42 Å². The first kappa shape index (κ1) is 12.4. The highest BCUT2D eigenvalue weighted by molar-refractivity contribution is 7.84. The molecule has 0 saturated carbocycles. The van der Waals surface area contributed by atoms with Crippen molar-refractivity contribution < 1.29 is 12.6 Å². The lowest BCUT2D eigenvalue weighted by Crippen LogP contribution is -2.29. The van der Waals surface area contributed by atoms with Crippen molar-refractivity contribution in [3.63, 3.8) is 0 Å². The summed E-state index contributed by atoms with van der Waals surface area (Å²) in [6.07, 6.45) is 0. The highest BCUT2D eigenvalue weighted by Crippen LogP contribution is 2.26. The van der Waals surface area contributed by atoms with Crippen molar-refractivity contribution in [1.29, 1.82) is 0 Å². The Morgan fingerprint density at radius 1 is 1.27 bits per heavy atom. The van der Waals surface area contributed by atoms with Crippen LogP contribution >= 0.6 is 11.6 Å². The molecule has 84 valence electrons. The first-order valence-corrected chi connectivity index (χ1v) is 6.05. The van der Waals surface area contributed by atoms with Crippen LogP contribution in [0.5, 0.6) is 0 Å². The van der Waals surface area contributed by atoms with Crippen LogP contribution in [0.25, 0.3) is 0 Å². The molecule has 0 fully saturated rings. The molecule has 4 nitrogen and oxygen atoms in total. The largest absolute Gasteiger partial charge is 0.334 e. The van der Waals surface area contributed by atoms with E-state index in [1.165, 1.54) is 0 Å². The van der Waals surface area contributed by atoms with Crippen LogP contribution in [0.4, 0.5) is 0 Å². The van der Waals surface area contributed by atoms with Crippen molar-refractivity contribution in [1.82, 2.24) is 0 Å². The van der Waals surface area contributed by atoms with Crippen LogP contribution in [0.2, 0.25) is 5.02 Å². The Bertz CT molecular complexity index is 439. The van der Waals surface area contributed by atoms with Gasteiger partial charge in [0.05, 0.1) is 0 Å². The normalized spacial score (nSPS) is 12.8. The van der Waals surface area contributed by atoms with Gasteiger partial charge < -0.3 is 0 Å². The lowest BCUT2D eigenvalue weighted by molar-refractivity contribution is 0.118. The Hall–Kier alpha value is -0.620. The third kappa shape index (κ3) is 3.79. The highest BCUT2D eigenvalue weighted by atomic mass is 35.5. The van der Waals surface area contributed by atoms with Gasteiger partial charge in [0.2, 0.25) is 0 Å². The van der Waals surface area contributed by atoms with Gasteiger partial charge in [0, 0.05) is 5.02 Å². The van der Waals surface area contributed by atoms with Crippen LogP contribution < -0.4 is 5.14 Å². The van der Waals surface area contributed by atoms with Gasteiger partial charge in [0.15, 0.2) is 0 Å². The van der Waals surface area contributed by atoms with Gasteiger partial charge in [-0.25, -0.2) is 9.32 Å². The molecule has 0 aliphatic rings. The van der Waals surface area contributed by atoms with E-state index >= 15 is 0 Å². The third-order valence-electron chi connectivity index (χ3n) is 1.86. The number of halogens is 1. The smallest absolute Gasteiger partial charge is 0.247 e. The molecule has 1 aromatic rings. The average Bonchev–Trinajstić information content (AvgIpc) is 2.00. The number of hydrogen-bond donors (Lipinski definition) is 1. The zero-order valence-corrected chi connectivity index (χ0v) is 9.97. The lowest BCUT2D eigenvalue weighted by Gasteiger charge is -2.23. The molecular weight excluding hydrogens is 238 g/mol. The molecule has 0 unspecified atom stereocenters. The fraction of sp³-hybridized carbons (Fsp3) is 0.333. The minimum atomic E-state index is -3.97. The van der Waals surface area contributed by atoms with Crippen molar-refractivity contribution in [2.24, 2.45) is 5.14 Å². The van der Waals surface area contributed by atoms with E-state index in [2.05, 4.69) is 0 Å². The van der Waals surface area contributed by atoms with E-state index in [4.69, 9.17) is 20.9 Å². The highest BCUT2D eigenvalue weighted by Gasteiger charge is 2.26. The van der Waals surface area contributed by atoms with Gasteiger partial charge in [-0.3, -0.25) is 0 Å². The summed E-state index contributed by atoms with van der Waals surface area (Å²) in [4.78, 5) is 0. The Labute approximate surface area is 94.3 Å². The monoisotopic (exact) mass is 249 g/mol. The van der Waals surface area contributed by atoms with E-state index in [0.29, 0.717) is 10.6 Å². The lowest BCUT2D eigenvalue weighted by atomic mass is 9.99. The minimum absolute atomic E-state index is 0.574. The Morgan fingerprint density at radius 2 is 1.73 bits per heavy atom. The van der Waals surface area contributed by atoms with E-state index < -0.39 is 15.9 Å². The van der Waals surface area contributed by atoms with Gasteiger partial charge in [0.25, 0.3) is 0 Å². The summed E-state index contributed by atoms with van der Waals surface area (Å²) in [6, 6.07) is 6.69. The molecule has 0 bridgehead atoms. The molecule has 0 amide bonds. The summed E-state index contributed by atoms with van der Waals surface area (Å²) in [5, 5.41) is 5.39. The molecule has 0 heterocycles. The number of hydrogen-bond acceptors (Lipinski definition) is 3. The first-order valence-electron chi connectivity index (χ1n) is 4.20. The van der Waals surface area contributed by atoms with Gasteiger partial charge in [0.1, 0.15) is 5.60 Å². The zero-order chi connectivity index (χ0) is 11.7. The molecule has 0 radical (unpaired) electrons. The Morgan fingerprint density at radius 3 is 2.13 bits per heavy atom. The molecule has 2 N–H and O–H groups in total. The predicted octanol–water partition coefficient (Wildman–Crippen LogP) is 1.80. The summed E-state index contributed by atoms with van der Waals surface area (Å²) < 4.78 is 26.4. The molecule has 6 heteroatoms. The minimum Gasteiger partial charge on any atom is -0.247 e. The number of nitrogens with two attached hydrogens (primary N) is 1. The molecule has 15 heavy (non-hydrogen) atoms. The van der Waals surface area contributed by atoms with Gasteiger partial charge in [-0.05, 0) is 31.5 Å². The van der Waals surface area contributed by atoms with Gasteiger partial charge in [-0.1, -0.05) is 23.7 Å². The summed E-state index contributed by atoms with van der Waals surface area (Å²) >= 11 is 5.71. The molecule has 0 aromatic heterocycles. The predicted molar refractivity (Wildman–Crippen MR) is 58.7 cm³/mol. The van der Waals surface area contributed by atoms with Gasteiger partial charge >= 0.3 is 10.3 Å². The fourth-order valence-electron chi connectivity index (χ4n) is 1.19. The topological polar surface area (TPSA) is 69.4 Å². The molecular formula is C9H12ClNO3S. The van der Waals surface area contributed by atoms with Crippen molar-refractivity contribution in [3.05, 3.63) is 34.9 Å². The fourth-order valence-corrected chi connectivity index (χ4v) is 1.99. The maximum Gasteiger partial charge on any atom is 0.334 e. The summed E-state index contributed by atoms with van der Waals surface area (Å²) in [5.41, 5.74) is -0.320. The summed E-state index contributed by atoms with van der Waals surface area (Å²) in [7, 11) is -3.97. The average molecular weight is 250 g/mol. The van der Waals surface area contributed by atoms with Crippen LogP contribution in [0.1, 0.15) is 19.4 Å². The molecule has 1 rings (SSSR count). The maximum absolute atomic E-state index is 10.8. The zero-order valence-electron chi connectivity index (χ0n) is 8.40. The van der Waals surface area contributed by atoms with E-state index in [1.54, 1.807) is 38.1 Å². The quantitative estimate of drug-likeness (QED) is 0.888. The van der Waals surface area contributed by atoms with Crippen LogP contribution in [0.3, 0.4) is 0 Å². The molecule has 0 saturated heterocycles. The van der Waals surface area contributed by atoms with E-state index in [0.717, 1.165) is 0 Å². The van der Waals surface area contributed by atoms with Crippen LogP contribution in [-0.2, 0) is 20.1 Å². The van der Waals surface area contributed by atoms with Gasteiger partial charge in [-0.15, -0.1) is 0 Å². The van der Waals surface area contributed by atoms with Crippen LogP contribution in [0, 0.1) is 0 Å². The van der Waals surface area contributed by atoms with Crippen molar-refractivity contribution >= 4 is 21.9 Å². The molecule has 1 aromatic carbocycles. The number of rotatable bonds is 3. The molecule has 0 aliphatic carbocycles. The molecule has 0 aliphatic heterocycles. The van der Waals surface area contributed by atoms with Crippen LogP contribution in [0.15, 0.2) is 24.3 Å². The third-order valence-corrected chi connectivity index (χ3v) is 2.76. The van der Waals surface area contributed by atoms with E-state index in [1.807, 2.05) is 0 Å². The van der Waals surface area contributed by atoms with E-state index in [-0.39, 0.29) is 0 Å². The SMILES string of the molecule is CC(C)(OS(N)(=O)=O)c1ccc(Cl)cc1. The maximum atomic E-state index is 10.8. The Kier molecular flexibility index (Phi) is 3.40. The second-order valence-electron chi connectivity index (χ2n) is 3.59. The standard InChI is InChI=1S/C9H12ClNO3S/c1-9(2,14-15(11,12)13)7-3-5-8(10)6-4-7/h3-6H,1-2H3,(H2,11,12,13).